The van der Waals surface area contributed by atoms with Crippen LogP contribution in [0, 0.1) is 0 Å². The molecule has 2 aromatic rings. The summed E-state index contributed by atoms with van der Waals surface area (Å²) in [6.45, 7) is 2.86. The maximum atomic E-state index is 12.3. The second-order valence-corrected chi connectivity index (χ2v) is 6.60. The quantitative estimate of drug-likeness (QED) is 0.231. The van der Waals surface area contributed by atoms with Crippen molar-refractivity contribution in [2.75, 3.05) is 13.7 Å². The molecule has 0 N–H and O–H groups in total. The standard InChI is InChI=1S/C24H28O4/c1-3-4-18-28-22-15-10-20(11-16-22)12-17-23(25)21-13-8-19(9-14-21)6-5-7-24(26)27-2/h8-17H,3-7,18H2,1-2H3/b17-12+. The molecule has 0 aliphatic carbocycles. The predicted octanol–water partition coefficient (Wildman–Crippen LogP) is 5.26. The molecule has 0 amide bonds. The average Bonchev–Trinajstić information content (AvgIpc) is 2.73. The fourth-order valence-corrected chi connectivity index (χ4v) is 2.65. The van der Waals surface area contributed by atoms with Crippen molar-refractivity contribution in [2.45, 2.75) is 39.0 Å². The molecular weight excluding hydrogens is 352 g/mol. The lowest BCUT2D eigenvalue weighted by Crippen LogP contribution is -2.00. The number of hydrogen-bond acceptors (Lipinski definition) is 4. The first-order valence-electron chi connectivity index (χ1n) is 9.73. The van der Waals surface area contributed by atoms with Crippen molar-refractivity contribution in [1.82, 2.24) is 0 Å². The highest BCUT2D eigenvalue weighted by molar-refractivity contribution is 6.06. The SMILES string of the molecule is CCCCOc1ccc(/C=C/C(=O)c2ccc(CCCC(=O)OC)cc2)cc1. The van der Waals surface area contributed by atoms with Gasteiger partial charge in [-0.25, -0.2) is 0 Å². The minimum absolute atomic E-state index is 0.0376. The van der Waals surface area contributed by atoms with Crippen LogP contribution in [-0.4, -0.2) is 25.5 Å². The molecule has 4 nitrogen and oxygen atoms in total. The van der Waals surface area contributed by atoms with Gasteiger partial charge in [0.05, 0.1) is 13.7 Å². The summed E-state index contributed by atoms with van der Waals surface area (Å²) in [7, 11) is 1.39. The van der Waals surface area contributed by atoms with Crippen LogP contribution in [0.4, 0.5) is 0 Å². The van der Waals surface area contributed by atoms with Crippen LogP contribution in [0.5, 0.6) is 5.75 Å². The van der Waals surface area contributed by atoms with Gasteiger partial charge in [-0.15, -0.1) is 0 Å². The number of methoxy groups -OCH3 is 1. The fraction of sp³-hybridized carbons (Fsp3) is 0.333. The Morgan fingerprint density at radius 3 is 2.32 bits per heavy atom. The number of esters is 1. The molecule has 0 saturated heterocycles. The van der Waals surface area contributed by atoms with E-state index in [1.807, 2.05) is 54.6 Å². The zero-order valence-electron chi connectivity index (χ0n) is 16.6. The zero-order valence-corrected chi connectivity index (χ0v) is 16.6. The molecule has 0 aliphatic heterocycles. The average molecular weight is 380 g/mol. The van der Waals surface area contributed by atoms with Gasteiger partial charge in [0.25, 0.3) is 0 Å². The van der Waals surface area contributed by atoms with Crippen LogP contribution in [0.1, 0.15) is 54.1 Å². The molecule has 0 atom stereocenters. The largest absolute Gasteiger partial charge is 0.494 e. The lowest BCUT2D eigenvalue weighted by Gasteiger charge is -2.05. The molecule has 0 heterocycles. The molecule has 0 bridgehead atoms. The van der Waals surface area contributed by atoms with Crippen molar-refractivity contribution < 1.29 is 19.1 Å². The van der Waals surface area contributed by atoms with E-state index in [1.165, 1.54) is 7.11 Å². The molecule has 2 aromatic carbocycles. The molecule has 0 aromatic heterocycles. The minimum atomic E-state index is -0.197. The van der Waals surface area contributed by atoms with Gasteiger partial charge in [-0.1, -0.05) is 55.8 Å². The van der Waals surface area contributed by atoms with Crippen LogP contribution in [0.2, 0.25) is 0 Å². The first kappa shape index (κ1) is 21.4. The number of carbonyl (C=O) groups excluding carboxylic acids is 2. The summed E-state index contributed by atoms with van der Waals surface area (Å²) in [6.07, 6.45) is 7.46. The van der Waals surface area contributed by atoms with E-state index in [9.17, 15) is 9.59 Å². The van der Waals surface area contributed by atoms with Gasteiger partial charge in [0, 0.05) is 12.0 Å². The lowest BCUT2D eigenvalue weighted by atomic mass is 10.0. The minimum Gasteiger partial charge on any atom is -0.494 e. The van der Waals surface area contributed by atoms with Crippen molar-refractivity contribution in [3.63, 3.8) is 0 Å². The Balaban J connectivity index is 1.85. The second kappa shape index (κ2) is 11.8. The van der Waals surface area contributed by atoms with E-state index in [4.69, 9.17) is 4.74 Å². The summed E-state index contributed by atoms with van der Waals surface area (Å²) in [5, 5.41) is 0. The summed E-state index contributed by atoms with van der Waals surface area (Å²) in [4.78, 5) is 23.5. The molecule has 0 spiro atoms. The summed E-state index contributed by atoms with van der Waals surface area (Å²) in [5.41, 5.74) is 2.70. The molecule has 0 saturated carbocycles. The summed E-state index contributed by atoms with van der Waals surface area (Å²) in [5.74, 6) is 0.613. The summed E-state index contributed by atoms with van der Waals surface area (Å²) in [6, 6.07) is 15.2. The van der Waals surface area contributed by atoms with Crippen LogP contribution in [-0.2, 0) is 16.0 Å². The Morgan fingerprint density at radius 1 is 0.964 bits per heavy atom. The topological polar surface area (TPSA) is 52.6 Å². The number of aryl methyl sites for hydroxylation is 1. The second-order valence-electron chi connectivity index (χ2n) is 6.60. The molecule has 28 heavy (non-hydrogen) atoms. The predicted molar refractivity (Wildman–Crippen MR) is 112 cm³/mol. The first-order chi connectivity index (χ1) is 13.6. The van der Waals surface area contributed by atoms with Gasteiger partial charge < -0.3 is 9.47 Å². The van der Waals surface area contributed by atoms with Crippen molar-refractivity contribution in [1.29, 1.82) is 0 Å². The monoisotopic (exact) mass is 380 g/mol. The van der Waals surface area contributed by atoms with E-state index in [2.05, 4.69) is 11.7 Å². The maximum Gasteiger partial charge on any atom is 0.305 e. The van der Waals surface area contributed by atoms with Crippen LogP contribution in [0.25, 0.3) is 6.08 Å². The van der Waals surface area contributed by atoms with Gasteiger partial charge in [0.2, 0.25) is 0 Å². The molecule has 0 fully saturated rings. The highest BCUT2D eigenvalue weighted by atomic mass is 16.5. The molecule has 148 valence electrons. The normalized spacial score (nSPS) is 10.8. The Labute approximate surface area is 167 Å². The van der Waals surface area contributed by atoms with Gasteiger partial charge in [-0.3, -0.25) is 9.59 Å². The van der Waals surface area contributed by atoms with Crippen LogP contribution < -0.4 is 4.74 Å². The van der Waals surface area contributed by atoms with Gasteiger partial charge in [-0.2, -0.15) is 0 Å². The number of hydrogen-bond donors (Lipinski definition) is 0. The van der Waals surface area contributed by atoms with Crippen LogP contribution in [0.15, 0.2) is 54.6 Å². The number of rotatable bonds is 11. The molecule has 0 radical (unpaired) electrons. The Hall–Kier alpha value is -2.88. The lowest BCUT2D eigenvalue weighted by molar-refractivity contribution is -0.140. The molecule has 0 unspecified atom stereocenters. The van der Waals surface area contributed by atoms with Gasteiger partial charge in [-0.05, 0) is 48.6 Å². The highest BCUT2D eigenvalue weighted by Gasteiger charge is 2.04. The van der Waals surface area contributed by atoms with E-state index in [1.54, 1.807) is 6.08 Å². The van der Waals surface area contributed by atoms with E-state index in [0.29, 0.717) is 12.0 Å². The van der Waals surface area contributed by atoms with Crippen molar-refractivity contribution in [3.05, 3.63) is 71.3 Å². The van der Waals surface area contributed by atoms with Crippen LogP contribution >= 0.6 is 0 Å². The number of benzene rings is 2. The summed E-state index contributed by atoms with van der Waals surface area (Å²) >= 11 is 0. The molecule has 0 aliphatic rings. The number of unbranched alkanes of at least 4 members (excludes halogenated alkanes) is 1. The third-order valence-electron chi connectivity index (χ3n) is 4.39. The summed E-state index contributed by atoms with van der Waals surface area (Å²) < 4.78 is 10.3. The van der Waals surface area contributed by atoms with Gasteiger partial charge >= 0.3 is 5.97 Å². The third-order valence-corrected chi connectivity index (χ3v) is 4.39. The third kappa shape index (κ3) is 7.39. The maximum absolute atomic E-state index is 12.3. The van der Waals surface area contributed by atoms with Gasteiger partial charge in [0.1, 0.15) is 5.75 Å². The smallest absolute Gasteiger partial charge is 0.305 e. The number of carbonyl (C=O) groups is 2. The molecule has 2 rings (SSSR count). The van der Waals surface area contributed by atoms with E-state index < -0.39 is 0 Å². The van der Waals surface area contributed by atoms with E-state index in [-0.39, 0.29) is 11.8 Å². The highest BCUT2D eigenvalue weighted by Crippen LogP contribution is 2.15. The number of ketones is 1. The van der Waals surface area contributed by atoms with Crippen molar-refractivity contribution in [3.8, 4) is 5.75 Å². The number of allylic oxidation sites excluding steroid dienone is 1. The van der Waals surface area contributed by atoms with E-state index >= 15 is 0 Å². The molecular formula is C24H28O4. The Bertz CT molecular complexity index is 773. The van der Waals surface area contributed by atoms with E-state index in [0.717, 1.165) is 49.2 Å². The first-order valence-corrected chi connectivity index (χ1v) is 9.73. The molecule has 4 heteroatoms. The zero-order chi connectivity index (χ0) is 20.2. The Kier molecular flexibility index (Phi) is 8.99. The van der Waals surface area contributed by atoms with Crippen molar-refractivity contribution >= 4 is 17.8 Å². The fourth-order valence-electron chi connectivity index (χ4n) is 2.65. The van der Waals surface area contributed by atoms with Gasteiger partial charge in [0.15, 0.2) is 5.78 Å². The number of ether oxygens (including phenoxy) is 2. The van der Waals surface area contributed by atoms with Crippen LogP contribution in [0.3, 0.4) is 0 Å². The Morgan fingerprint density at radius 2 is 1.68 bits per heavy atom. The van der Waals surface area contributed by atoms with Crippen molar-refractivity contribution in [2.24, 2.45) is 0 Å².